The van der Waals surface area contributed by atoms with Gasteiger partial charge in [0.15, 0.2) is 0 Å². The van der Waals surface area contributed by atoms with Crippen molar-refractivity contribution in [3.8, 4) is 5.75 Å². The van der Waals surface area contributed by atoms with Crippen molar-refractivity contribution in [2.24, 2.45) is 5.92 Å². The average Bonchev–Trinajstić information content (AvgIpc) is 3.79. The molecule has 9 nitrogen and oxygen atoms in total. The molecule has 7 rings (SSSR count). The van der Waals surface area contributed by atoms with Gasteiger partial charge in [0, 0.05) is 54.7 Å². The third kappa shape index (κ3) is 7.68. The number of benzene rings is 4. The summed E-state index contributed by atoms with van der Waals surface area (Å²) in [7, 11) is 5.63. The van der Waals surface area contributed by atoms with E-state index >= 15 is 0 Å². The van der Waals surface area contributed by atoms with Crippen LogP contribution in [-0.4, -0.2) is 60.1 Å². The average molecular weight is 711 g/mol. The number of aryl methyl sites for hydroxylation is 1. The summed E-state index contributed by atoms with van der Waals surface area (Å²) in [6, 6.07) is 26.2. The predicted molar refractivity (Wildman–Crippen MR) is 203 cm³/mol. The standard InChI is InChI=1S/C38H41FN6O3P2/c1-26-18-32(44-16-14-43(15-17-44)31-8-2-28(3-9-31)37(46)42-30-6-4-29(39)5-7-30)10-13-35(26)47-21-27-20-38(48-22-27,23-45-25-40-24-41-45)34-12-11-33(49)19-36(34)50/h2-13,18-19,24-25,27H,14-17,20-23,49-50H2,1H3,(H,42,46)/t27-,38+/m1/s1. The molecule has 1 N–H and O–H groups in total. The van der Waals surface area contributed by atoms with Gasteiger partial charge in [-0.1, -0.05) is 12.1 Å². The van der Waals surface area contributed by atoms with Crippen molar-refractivity contribution in [3.05, 3.63) is 120 Å². The van der Waals surface area contributed by atoms with Crippen LogP contribution in [0.2, 0.25) is 0 Å². The van der Waals surface area contributed by atoms with Crippen molar-refractivity contribution in [2.45, 2.75) is 25.5 Å². The maximum Gasteiger partial charge on any atom is 0.255 e. The van der Waals surface area contributed by atoms with E-state index in [9.17, 15) is 9.18 Å². The number of hydrogen-bond donors (Lipinski definition) is 1. The Morgan fingerprint density at radius 1 is 0.960 bits per heavy atom. The molecule has 0 saturated carbocycles. The smallest absolute Gasteiger partial charge is 0.255 e. The molecule has 2 fully saturated rings. The molecule has 3 heterocycles. The Balaban J connectivity index is 0.927. The number of hydrogen-bond acceptors (Lipinski definition) is 7. The second kappa shape index (κ2) is 14.9. The minimum Gasteiger partial charge on any atom is -0.493 e. The number of carbonyl (C=O) groups is 1. The van der Waals surface area contributed by atoms with Gasteiger partial charge >= 0.3 is 0 Å². The molecule has 2 unspecified atom stereocenters. The Morgan fingerprint density at radius 3 is 2.36 bits per heavy atom. The Kier molecular flexibility index (Phi) is 10.1. The zero-order valence-corrected chi connectivity index (χ0v) is 30.3. The number of nitrogens with one attached hydrogen (secondary N) is 1. The lowest BCUT2D eigenvalue weighted by atomic mass is 9.87. The second-order valence-corrected chi connectivity index (χ2v) is 14.3. The van der Waals surface area contributed by atoms with Gasteiger partial charge in [-0.3, -0.25) is 4.79 Å². The minimum atomic E-state index is -0.514. The quantitative estimate of drug-likeness (QED) is 0.197. The summed E-state index contributed by atoms with van der Waals surface area (Å²) in [5.74, 6) is 0.558. The van der Waals surface area contributed by atoms with Crippen molar-refractivity contribution < 1.29 is 18.7 Å². The van der Waals surface area contributed by atoms with Gasteiger partial charge in [0.1, 0.15) is 29.8 Å². The van der Waals surface area contributed by atoms with Crippen LogP contribution < -0.4 is 30.5 Å². The van der Waals surface area contributed by atoms with E-state index in [1.807, 2.05) is 28.9 Å². The molecule has 2 aliphatic heterocycles. The molecule has 258 valence electrons. The minimum absolute atomic E-state index is 0.223. The van der Waals surface area contributed by atoms with Crippen LogP contribution in [0.3, 0.4) is 0 Å². The maximum absolute atomic E-state index is 13.2. The fraction of sp³-hybridized carbons (Fsp3) is 0.289. The molecule has 2 saturated heterocycles. The topological polar surface area (TPSA) is 84.8 Å². The van der Waals surface area contributed by atoms with E-state index in [2.05, 4.69) is 87.0 Å². The van der Waals surface area contributed by atoms with Crippen molar-refractivity contribution in [1.82, 2.24) is 14.8 Å². The summed E-state index contributed by atoms with van der Waals surface area (Å²) in [5, 5.41) is 9.43. The fourth-order valence-electron chi connectivity index (χ4n) is 6.91. The third-order valence-electron chi connectivity index (χ3n) is 9.54. The number of ether oxygens (including phenoxy) is 2. The highest BCUT2D eigenvalue weighted by atomic mass is 31.0. The molecule has 4 atom stereocenters. The van der Waals surface area contributed by atoms with Gasteiger partial charge < -0.3 is 24.6 Å². The van der Waals surface area contributed by atoms with Gasteiger partial charge in [0.25, 0.3) is 5.91 Å². The zero-order chi connectivity index (χ0) is 34.7. The fourth-order valence-corrected chi connectivity index (χ4v) is 7.93. The van der Waals surface area contributed by atoms with Gasteiger partial charge in [-0.25, -0.2) is 14.1 Å². The summed E-state index contributed by atoms with van der Waals surface area (Å²) >= 11 is 0. The van der Waals surface area contributed by atoms with Crippen molar-refractivity contribution in [1.29, 1.82) is 0 Å². The summed E-state index contributed by atoms with van der Waals surface area (Å²) < 4.78 is 28.1. The molecule has 2 aliphatic rings. The van der Waals surface area contributed by atoms with E-state index in [1.165, 1.54) is 17.8 Å². The number of rotatable bonds is 10. The molecular formula is C38H41FN6O3P2. The first-order chi connectivity index (χ1) is 24.2. The molecular weight excluding hydrogens is 669 g/mol. The number of halogens is 1. The normalized spacial score (nSPS) is 19.1. The first-order valence-electron chi connectivity index (χ1n) is 16.8. The maximum atomic E-state index is 13.2. The van der Waals surface area contributed by atoms with Crippen LogP contribution in [0.1, 0.15) is 27.9 Å². The van der Waals surface area contributed by atoms with Gasteiger partial charge in [-0.05, 0) is 108 Å². The SMILES string of the molecule is Cc1cc(N2CCN(c3ccc(C(=O)Nc4ccc(F)cc4)cc3)CC2)ccc1OC[C@@H]1CO[C@@](Cn2cncn2)(c2ccc(P)cc2P)C1. The Hall–Kier alpha value is -4.36. The monoisotopic (exact) mass is 710 g/mol. The molecule has 0 bridgehead atoms. The van der Waals surface area contributed by atoms with Crippen molar-refractivity contribution in [2.75, 3.05) is 54.5 Å². The molecule has 1 aromatic heterocycles. The van der Waals surface area contributed by atoms with Crippen molar-refractivity contribution >= 4 is 52.1 Å². The van der Waals surface area contributed by atoms with E-state index in [-0.39, 0.29) is 17.6 Å². The van der Waals surface area contributed by atoms with Gasteiger partial charge in [0.05, 0.1) is 19.8 Å². The van der Waals surface area contributed by atoms with Crippen LogP contribution in [0.4, 0.5) is 21.5 Å². The number of carbonyl (C=O) groups excluding carboxylic acids is 1. The van der Waals surface area contributed by atoms with Gasteiger partial charge in [0.2, 0.25) is 0 Å². The molecule has 0 radical (unpaired) electrons. The molecule has 0 spiro atoms. The van der Waals surface area contributed by atoms with E-state index in [1.54, 1.807) is 24.8 Å². The van der Waals surface area contributed by atoms with Crippen LogP contribution in [0, 0.1) is 18.7 Å². The molecule has 4 aromatic carbocycles. The number of amides is 1. The highest BCUT2D eigenvalue weighted by molar-refractivity contribution is 7.29. The molecule has 50 heavy (non-hydrogen) atoms. The predicted octanol–water partition coefficient (Wildman–Crippen LogP) is 5.32. The molecule has 5 aromatic rings. The zero-order valence-electron chi connectivity index (χ0n) is 28.0. The lowest BCUT2D eigenvalue weighted by Crippen LogP contribution is -2.46. The second-order valence-electron chi connectivity index (χ2n) is 13.1. The van der Waals surface area contributed by atoms with Crippen LogP contribution in [0.15, 0.2) is 97.6 Å². The van der Waals surface area contributed by atoms with Crippen LogP contribution in [0.5, 0.6) is 5.75 Å². The number of anilines is 3. The molecule has 12 heteroatoms. The Morgan fingerprint density at radius 2 is 1.68 bits per heavy atom. The molecule has 1 amide bonds. The number of aromatic nitrogens is 3. The first kappa shape index (κ1) is 34.1. The van der Waals surface area contributed by atoms with Crippen molar-refractivity contribution in [3.63, 3.8) is 0 Å². The summed E-state index contributed by atoms with van der Waals surface area (Å²) in [6.07, 6.45) is 4.12. The van der Waals surface area contributed by atoms with Crippen LogP contribution in [0.25, 0.3) is 0 Å². The highest BCUT2D eigenvalue weighted by Crippen LogP contribution is 2.41. The van der Waals surface area contributed by atoms with E-state index in [4.69, 9.17) is 9.47 Å². The van der Waals surface area contributed by atoms with Gasteiger partial charge in [-0.2, -0.15) is 5.10 Å². The van der Waals surface area contributed by atoms with E-state index < -0.39 is 5.60 Å². The lowest BCUT2D eigenvalue weighted by molar-refractivity contribution is -0.0171. The number of nitrogens with zero attached hydrogens (tertiary/aromatic N) is 5. The molecule has 0 aliphatic carbocycles. The summed E-state index contributed by atoms with van der Waals surface area (Å²) in [5.41, 5.74) is 5.12. The van der Waals surface area contributed by atoms with E-state index in [0.717, 1.165) is 65.8 Å². The highest BCUT2D eigenvalue weighted by Gasteiger charge is 2.44. The Bertz CT molecular complexity index is 1940. The first-order valence-corrected chi connectivity index (χ1v) is 17.9. The van der Waals surface area contributed by atoms with Gasteiger partial charge in [-0.15, -0.1) is 18.5 Å². The van der Waals surface area contributed by atoms with Crippen LogP contribution in [-0.2, 0) is 16.9 Å². The number of piperazine rings is 1. The third-order valence-corrected chi connectivity index (χ3v) is 10.4. The van der Waals surface area contributed by atoms with Crippen LogP contribution >= 0.6 is 18.5 Å². The largest absolute Gasteiger partial charge is 0.493 e. The summed E-state index contributed by atoms with van der Waals surface area (Å²) in [4.78, 5) is 21.5. The lowest BCUT2D eigenvalue weighted by Gasteiger charge is -2.37. The van der Waals surface area contributed by atoms with E-state index in [0.29, 0.717) is 31.0 Å². The Labute approximate surface area is 296 Å². The summed E-state index contributed by atoms with van der Waals surface area (Å²) in [6.45, 7) is 7.37.